The number of carbonyl (C=O) groups is 1. The van der Waals surface area contributed by atoms with E-state index in [0.717, 1.165) is 17.7 Å². The lowest BCUT2D eigenvalue weighted by Gasteiger charge is -2.20. The monoisotopic (exact) mass is 363 g/mol. The molecule has 140 valence electrons. The van der Waals surface area contributed by atoms with E-state index in [1.807, 2.05) is 42.5 Å². The predicted molar refractivity (Wildman–Crippen MR) is 107 cm³/mol. The van der Waals surface area contributed by atoms with Crippen LogP contribution in [0.25, 0.3) is 11.4 Å². The van der Waals surface area contributed by atoms with Crippen molar-refractivity contribution in [3.05, 3.63) is 66.0 Å². The van der Waals surface area contributed by atoms with E-state index in [2.05, 4.69) is 46.5 Å². The number of nitrogens with two attached hydrogens (primary N) is 1. The van der Waals surface area contributed by atoms with Crippen LogP contribution in [0.3, 0.4) is 0 Å². The van der Waals surface area contributed by atoms with E-state index in [0.29, 0.717) is 18.2 Å². The Morgan fingerprint density at radius 3 is 2.41 bits per heavy atom. The molecule has 0 saturated carbocycles. The number of rotatable bonds is 7. The van der Waals surface area contributed by atoms with Gasteiger partial charge in [-0.25, -0.2) is 4.98 Å². The molecule has 3 rings (SSSR count). The molecule has 0 aliphatic heterocycles. The molecule has 1 atom stereocenters. The minimum atomic E-state index is -0.0906. The SMILES string of the molecule is CC(C)C(Cc1ccccc1)C(=O)Nc1ccc(-c2n[nH]c(CN)n2)cc1. The second-order valence-corrected chi connectivity index (χ2v) is 6.92. The smallest absolute Gasteiger partial charge is 0.228 e. The van der Waals surface area contributed by atoms with E-state index in [1.54, 1.807) is 0 Å². The molecule has 1 amide bonds. The zero-order valence-electron chi connectivity index (χ0n) is 15.6. The van der Waals surface area contributed by atoms with Crippen molar-refractivity contribution in [2.75, 3.05) is 5.32 Å². The number of H-pyrrole nitrogens is 1. The van der Waals surface area contributed by atoms with Crippen LogP contribution in [0, 0.1) is 11.8 Å². The number of nitrogens with one attached hydrogen (secondary N) is 2. The second kappa shape index (κ2) is 8.60. The summed E-state index contributed by atoms with van der Waals surface area (Å²) in [6.45, 7) is 4.47. The normalized spacial score (nSPS) is 12.1. The summed E-state index contributed by atoms with van der Waals surface area (Å²) in [7, 11) is 0. The summed E-state index contributed by atoms with van der Waals surface area (Å²) >= 11 is 0. The van der Waals surface area contributed by atoms with Crippen molar-refractivity contribution in [1.29, 1.82) is 0 Å². The lowest BCUT2D eigenvalue weighted by Crippen LogP contribution is -2.28. The number of amides is 1. The molecule has 1 unspecified atom stereocenters. The van der Waals surface area contributed by atoms with E-state index < -0.39 is 0 Å². The van der Waals surface area contributed by atoms with Gasteiger partial charge in [0, 0.05) is 17.2 Å². The maximum Gasteiger partial charge on any atom is 0.228 e. The van der Waals surface area contributed by atoms with Gasteiger partial charge in [0.15, 0.2) is 5.82 Å². The van der Waals surface area contributed by atoms with Crippen molar-refractivity contribution in [3.8, 4) is 11.4 Å². The molecule has 4 N–H and O–H groups in total. The van der Waals surface area contributed by atoms with Crippen LogP contribution in [0.5, 0.6) is 0 Å². The molecule has 0 aliphatic rings. The van der Waals surface area contributed by atoms with Gasteiger partial charge in [-0.05, 0) is 42.2 Å². The van der Waals surface area contributed by atoms with Gasteiger partial charge in [0.2, 0.25) is 5.91 Å². The highest BCUT2D eigenvalue weighted by Crippen LogP contribution is 2.22. The van der Waals surface area contributed by atoms with Crippen LogP contribution in [0.1, 0.15) is 25.2 Å². The van der Waals surface area contributed by atoms with Gasteiger partial charge in [0.05, 0.1) is 6.54 Å². The third-order valence-electron chi connectivity index (χ3n) is 4.58. The van der Waals surface area contributed by atoms with Crippen molar-refractivity contribution in [2.24, 2.45) is 17.6 Å². The molecule has 0 spiro atoms. The van der Waals surface area contributed by atoms with E-state index in [9.17, 15) is 4.79 Å². The summed E-state index contributed by atoms with van der Waals surface area (Å²) in [5.74, 6) is 1.42. The van der Waals surface area contributed by atoms with Crippen molar-refractivity contribution >= 4 is 11.6 Å². The Labute approximate surface area is 159 Å². The Hall–Kier alpha value is -2.99. The summed E-state index contributed by atoms with van der Waals surface area (Å²) in [4.78, 5) is 17.1. The van der Waals surface area contributed by atoms with Crippen LogP contribution in [0.4, 0.5) is 5.69 Å². The summed E-state index contributed by atoms with van der Waals surface area (Å²) < 4.78 is 0. The summed E-state index contributed by atoms with van der Waals surface area (Å²) in [6.07, 6.45) is 0.724. The number of hydrogen-bond acceptors (Lipinski definition) is 4. The Morgan fingerprint density at radius 1 is 1.11 bits per heavy atom. The van der Waals surface area contributed by atoms with Gasteiger partial charge in [0.1, 0.15) is 5.82 Å². The summed E-state index contributed by atoms with van der Waals surface area (Å²) in [5.41, 5.74) is 8.35. The highest BCUT2D eigenvalue weighted by atomic mass is 16.1. The Kier molecular flexibility index (Phi) is 5.98. The highest BCUT2D eigenvalue weighted by Gasteiger charge is 2.22. The quantitative estimate of drug-likeness (QED) is 0.599. The molecule has 0 bridgehead atoms. The topological polar surface area (TPSA) is 96.7 Å². The fourth-order valence-corrected chi connectivity index (χ4v) is 2.95. The van der Waals surface area contributed by atoms with Crippen LogP contribution in [0.2, 0.25) is 0 Å². The molecular weight excluding hydrogens is 338 g/mol. The molecule has 1 aromatic heterocycles. The minimum Gasteiger partial charge on any atom is -0.326 e. The molecular formula is C21H25N5O. The van der Waals surface area contributed by atoms with Gasteiger partial charge in [-0.15, -0.1) is 0 Å². The Bertz CT molecular complexity index is 871. The van der Waals surface area contributed by atoms with Crippen LogP contribution in [0.15, 0.2) is 54.6 Å². The maximum atomic E-state index is 12.8. The molecule has 27 heavy (non-hydrogen) atoms. The minimum absolute atomic E-state index is 0.0323. The predicted octanol–water partition coefficient (Wildman–Crippen LogP) is 3.38. The lowest BCUT2D eigenvalue weighted by molar-refractivity contribution is -0.121. The highest BCUT2D eigenvalue weighted by molar-refractivity contribution is 5.93. The van der Waals surface area contributed by atoms with Gasteiger partial charge in [-0.1, -0.05) is 44.2 Å². The first-order valence-corrected chi connectivity index (χ1v) is 9.13. The van der Waals surface area contributed by atoms with E-state index in [4.69, 9.17) is 5.73 Å². The van der Waals surface area contributed by atoms with E-state index in [-0.39, 0.29) is 17.7 Å². The van der Waals surface area contributed by atoms with Crippen molar-refractivity contribution in [3.63, 3.8) is 0 Å². The average Bonchev–Trinajstić information content (AvgIpc) is 3.16. The lowest BCUT2D eigenvalue weighted by atomic mass is 9.88. The number of hydrogen-bond donors (Lipinski definition) is 3. The molecule has 2 aromatic carbocycles. The Morgan fingerprint density at radius 2 is 1.81 bits per heavy atom. The molecule has 6 nitrogen and oxygen atoms in total. The van der Waals surface area contributed by atoms with E-state index >= 15 is 0 Å². The number of benzene rings is 2. The van der Waals surface area contributed by atoms with Crippen LogP contribution < -0.4 is 11.1 Å². The van der Waals surface area contributed by atoms with Gasteiger partial charge in [-0.2, -0.15) is 5.10 Å². The first-order valence-electron chi connectivity index (χ1n) is 9.13. The fraction of sp³-hybridized carbons (Fsp3) is 0.286. The van der Waals surface area contributed by atoms with Gasteiger partial charge >= 0.3 is 0 Å². The molecule has 0 aliphatic carbocycles. The number of carbonyl (C=O) groups excluding carboxylic acids is 1. The number of anilines is 1. The molecule has 6 heteroatoms. The first-order chi connectivity index (χ1) is 13.1. The number of aromatic nitrogens is 3. The molecule has 0 fully saturated rings. The van der Waals surface area contributed by atoms with E-state index in [1.165, 1.54) is 5.56 Å². The zero-order valence-corrected chi connectivity index (χ0v) is 15.6. The second-order valence-electron chi connectivity index (χ2n) is 6.92. The van der Waals surface area contributed by atoms with Crippen molar-refractivity contribution < 1.29 is 4.79 Å². The van der Waals surface area contributed by atoms with Crippen LogP contribution in [-0.2, 0) is 17.8 Å². The van der Waals surface area contributed by atoms with Crippen LogP contribution >= 0.6 is 0 Å². The molecule has 0 saturated heterocycles. The van der Waals surface area contributed by atoms with Crippen LogP contribution in [-0.4, -0.2) is 21.1 Å². The van der Waals surface area contributed by atoms with Gasteiger partial charge < -0.3 is 11.1 Å². The fourth-order valence-electron chi connectivity index (χ4n) is 2.95. The average molecular weight is 363 g/mol. The number of nitrogens with zero attached hydrogens (tertiary/aromatic N) is 2. The third-order valence-corrected chi connectivity index (χ3v) is 4.58. The molecule has 3 aromatic rings. The van der Waals surface area contributed by atoms with Crippen molar-refractivity contribution in [2.45, 2.75) is 26.8 Å². The molecule has 0 radical (unpaired) electrons. The van der Waals surface area contributed by atoms with Gasteiger partial charge in [-0.3, -0.25) is 9.89 Å². The Balaban J connectivity index is 1.68. The van der Waals surface area contributed by atoms with Crippen molar-refractivity contribution in [1.82, 2.24) is 15.2 Å². The zero-order chi connectivity index (χ0) is 19.2. The van der Waals surface area contributed by atoms with Gasteiger partial charge in [0.25, 0.3) is 0 Å². The maximum absolute atomic E-state index is 12.8. The largest absolute Gasteiger partial charge is 0.326 e. The molecule has 1 heterocycles. The summed E-state index contributed by atoms with van der Waals surface area (Å²) in [6, 6.07) is 17.6. The standard InChI is InChI=1S/C21H25N5O/c1-14(2)18(12-15-6-4-3-5-7-15)21(27)23-17-10-8-16(9-11-17)20-24-19(13-22)25-26-20/h3-11,14,18H,12-13,22H2,1-2H3,(H,23,27)(H,24,25,26). The number of aromatic amines is 1. The first kappa shape index (κ1) is 18.8. The third kappa shape index (κ3) is 4.80. The summed E-state index contributed by atoms with van der Waals surface area (Å²) in [5, 5.41) is 9.97.